The Labute approximate surface area is 88.8 Å². The van der Waals surface area contributed by atoms with Crippen LogP contribution in [0.4, 0.5) is 0 Å². The molecule has 1 heterocycles. The molecule has 76 valence electrons. The lowest BCUT2D eigenvalue weighted by atomic mass is 10.2. The van der Waals surface area contributed by atoms with Gasteiger partial charge in [0.1, 0.15) is 3.74 Å². The molecule has 1 aromatic carbocycles. The number of halogens is 1. The molecule has 0 saturated carbocycles. The molecule has 2 rings (SSSR count). The maximum atomic E-state index is 10.3. The van der Waals surface area contributed by atoms with Gasteiger partial charge in [0.15, 0.2) is 9.80 Å². The Kier molecular flexibility index (Phi) is 2.85. The number of hydrogen-bond acceptors (Lipinski definition) is 5. The molecular formula is C7H5ClO4S2. The highest BCUT2D eigenvalue weighted by atomic mass is 35.7. The Bertz CT molecular complexity index is 388. The molecule has 0 fully saturated rings. The Hall–Kier alpha value is -0.0800. The van der Waals surface area contributed by atoms with E-state index in [1.165, 1.54) is 10.8 Å². The number of rotatable bonds is 2. The zero-order valence-corrected chi connectivity index (χ0v) is 9.10. The molecule has 1 aromatic rings. The quantitative estimate of drug-likeness (QED) is 0.496. The second-order valence-corrected chi connectivity index (χ2v) is 6.55. The normalized spacial score (nSPS) is 20.4. The smallest absolute Gasteiger partial charge is 0.172 e. The van der Waals surface area contributed by atoms with Gasteiger partial charge in [0.25, 0.3) is 0 Å². The van der Waals surface area contributed by atoms with Gasteiger partial charge in [-0.3, -0.25) is 0 Å². The molecule has 0 N–H and O–H groups in total. The first-order valence-electron chi connectivity index (χ1n) is 3.51. The molecule has 0 radical (unpaired) electrons. The fraction of sp³-hybridized carbons (Fsp3) is 0. The lowest BCUT2D eigenvalue weighted by molar-refractivity contribution is -1.91. The zero-order chi connectivity index (χ0) is 10.2. The molecule has 0 aliphatic carbocycles. The van der Waals surface area contributed by atoms with E-state index < -0.39 is 20.0 Å². The van der Waals surface area contributed by atoms with Crippen LogP contribution in [0, 0.1) is 10.2 Å². The molecule has 0 spiro atoms. The van der Waals surface area contributed by atoms with Crippen LogP contribution < -0.4 is 14.0 Å². The van der Waals surface area contributed by atoms with Gasteiger partial charge in [-0.25, -0.2) is 0 Å². The zero-order valence-electron chi connectivity index (χ0n) is 6.71. The van der Waals surface area contributed by atoms with Crippen LogP contribution in [0.25, 0.3) is 0 Å². The van der Waals surface area contributed by atoms with E-state index in [-0.39, 0.29) is 0 Å². The molecule has 4 nitrogen and oxygen atoms in total. The summed E-state index contributed by atoms with van der Waals surface area (Å²) in [5.74, 6) is 0. The van der Waals surface area contributed by atoms with E-state index in [2.05, 4.69) is 3.74 Å². The molecule has 14 heavy (non-hydrogen) atoms. The number of benzene rings is 1. The average molecular weight is 253 g/mol. The molecule has 1 aliphatic heterocycles. The first kappa shape index (κ1) is 10.4. The monoisotopic (exact) mass is 252 g/mol. The molecular weight excluding hydrogens is 248 g/mol. The van der Waals surface area contributed by atoms with Crippen molar-refractivity contribution in [2.75, 3.05) is 0 Å². The Morgan fingerprint density at radius 1 is 1.21 bits per heavy atom. The largest absolute Gasteiger partial charge is 0.182 e. The van der Waals surface area contributed by atoms with Crippen LogP contribution in [0.1, 0.15) is 5.56 Å². The Balaban J connectivity index is 2.16. The summed E-state index contributed by atoms with van der Waals surface area (Å²) < 4.78 is 35.2. The van der Waals surface area contributed by atoms with Crippen LogP contribution >= 0.6 is 20.6 Å². The molecule has 0 amide bonds. The highest BCUT2D eigenvalue weighted by Crippen LogP contribution is 2.46. The fourth-order valence-electron chi connectivity index (χ4n) is 0.977. The summed E-state index contributed by atoms with van der Waals surface area (Å²) in [5.41, 5.74) is 0.902. The number of hydrogen-bond donors (Lipinski definition) is 0. The maximum absolute atomic E-state index is 10.3. The number of fused-ring (bicyclic) bond motifs is 1. The summed E-state index contributed by atoms with van der Waals surface area (Å²) in [6.45, 7) is 0. The molecule has 1 atom stereocenters. The Morgan fingerprint density at radius 2 is 1.93 bits per heavy atom. The van der Waals surface area contributed by atoms with Crippen molar-refractivity contribution in [3.8, 4) is 0 Å². The van der Waals surface area contributed by atoms with Crippen molar-refractivity contribution < 1.29 is 28.0 Å². The lowest BCUT2D eigenvalue weighted by Gasteiger charge is -2.11. The van der Waals surface area contributed by atoms with Gasteiger partial charge in [0.05, 0.1) is 10.2 Å². The minimum absolute atomic E-state index is 0.902. The second kappa shape index (κ2) is 3.82. The van der Waals surface area contributed by atoms with Crippen LogP contribution in [0.15, 0.2) is 29.2 Å². The van der Waals surface area contributed by atoms with E-state index in [1.807, 2.05) is 24.3 Å². The molecule has 0 aromatic heterocycles. The average Bonchev–Trinajstić information content (AvgIpc) is 2.42. The van der Waals surface area contributed by atoms with Crippen molar-refractivity contribution >= 4 is 26.0 Å². The van der Waals surface area contributed by atoms with E-state index in [9.17, 15) is 14.0 Å². The van der Waals surface area contributed by atoms with Crippen LogP contribution in [0.2, 0.25) is 0 Å². The highest BCUT2D eigenvalue weighted by molar-refractivity contribution is 8.82. The first-order chi connectivity index (χ1) is 6.54. The van der Waals surface area contributed by atoms with Crippen molar-refractivity contribution in [1.29, 1.82) is 0 Å². The summed E-state index contributed by atoms with van der Waals surface area (Å²) in [6, 6.07) is 7.37. The van der Waals surface area contributed by atoms with Gasteiger partial charge in [-0.2, -0.15) is 14.0 Å². The van der Waals surface area contributed by atoms with Gasteiger partial charge in [-0.1, -0.05) is 18.2 Å². The molecule has 1 unspecified atom stereocenters. The van der Waals surface area contributed by atoms with Crippen molar-refractivity contribution in [3.63, 3.8) is 0 Å². The Morgan fingerprint density at radius 3 is 2.57 bits per heavy atom. The van der Waals surface area contributed by atoms with Gasteiger partial charge in [-0.15, -0.1) is 0 Å². The van der Waals surface area contributed by atoms with Crippen molar-refractivity contribution in [2.24, 2.45) is 0 Å². The maximum Gasteiger partial charge on any atom is 0.172 e. The third-order valence-electron chi connectivity index (χ3n) is 1.45. The summed E-state index contributed by atoms with van der Waals surface area (Å²) in [4.78, 5) is 0.926. The van der Waals surface area contributed by atoms with Gasteiger partial charge >= 0.3 is 0 Å². The minimum atomic E-state index is -4.35. The van der Waals surface area contributed by atoms with E-state index in [1.54, 1.807) is 5.37 Å². The molecule has 0 saturated heterocycles. The fourth-order valence-corrected chi connectivity index (χ4v) is 5.14. The second-order valence-electron chi connectivity index (χ2n) is 2.44. The van der Waals surface area contributed by atoms with E-state index >= 15 is 0 Å². The van der Waals surface area contributed by atoms with Gasteiger partial charge in [0.2, 0.25) is 0 Å². The predicted molar refractivity (Wildman–Crippen MR) is 46.1 cm³/mol. The van der Waals surface area contributed by atoms with Crippen LogP contribution in [0.5, 0.6) is 0 Å². The lowest BCUT2D eigenvalue weighted by Crippen LogP contribution is -2.59. The van der Waals surface area contributed by atoms with Crippen LogP contribution in [-0.4, -0.2) is 5.37 Å². The van der Waals surface area contributed by atoms with Crippen LogP contribution in [0.3, 0.4) is 0 Å². The van der Waals surface area contributed by atoms with Crippen molar-refractivity contribution in [2.45, 2.75) is 4.90 Å². The summed E-state index contributed by atoms with van der Waals surface area (Å²) in [5, 5.41) is 1.63. The predicted octanol–water partition coefficient (Wildman–Crippen LogP) is -1.04. The first-order valence-corrected chi connectivity index (χ1v) is 7.29. The van der Waals surface area contributed by atoms with E-state index in [4.69, 9.17) is 0 Å². The molecule has 0 bridgehead atoms. The van der Waals surface area contributed by atoms with Gasteiger partial charge in [-0.05, 0) is 22.4 Å². The third kappa shape index (κ3) is 2.48. The standard InChI is InChI=1S/C7H5ClO4S2/c9-8(10,11)12-14-5-6-3-1-2-4-7(6)13-14/h1-5H. The van der Waals surface area contributed by atoms with Gasteiger partial charge in [0, 0.05) is 10.3 Å². The minimum Gasteiger partial charge on any atom is -0.182 e. The molecule has 7 heteroatoms. The molecule has 1 aliphatic rings. The van der Waals surface area contributed by atoms with Gasteiger partial charge < -0.3 is 0 Å². The third-order valence-corrected chi connectivity index (χ3v) is 5.51. The topological polar surface area (TPSA) is 78.4 Å². The SMILES string of the molecule is [O-][Cl+3]([O-])([O-])OS1=Cc2ccccc2S1. The van der Waals surface area contributed by atoms with Crippen LogP contribution in [-0.2, 0) is 3.74 Å². The summed E-state index contributed by atoms with van der Waals surface area (Å²) >= 11 is 0. The highest BCUT2D eigenvalue weighted by Gasteiger charge is 2.27. The summed E-state index contributed by atoms with van der Waals surface area (Å²) in [7, 11) is -4.13. The van der Waals surface area contributed by atoms with Crippen molar-refractivity contribution in [3.05, 3.63) is 29.8 Å². The van der Waals surface area contributed by atoms with E-state index in [0.717, 1.165) is 10.5 Å². The summed E-state index contributed by atoms with van der Waals surface area (Å²) in [6.07, 6.45) is 0. The van der Waals surface area contributed by atoms with E-state index in [0.29, 0.717) is 0 Å². The van der Waals surface area contributed by atoms with Crippen molar-refractivity contribution in [1.82, 2.24) is 0 Å².